The van der Waals surface area contributed by atoms with E-state index in [-0.39, 0.29) is 12.4 Å². The highest BCUT2D eigenvalue weighted by Crippen LogP contribution is 2.23. The lowest BCUT2D eigenvalue weighted by molar-refractivity contribution is -0.118. The molecule has 0 radical (unpaired) electrons. The van der Waals surface area contributed by atoms with Crippen molar-refractivity contribution in [3.05, 3.63) is 46.2 Å². The number of ether oxygens (including phenoxy) is 2. The summed E-state index contributed by atoms with van der Waals surface area (Å²) in [4.78, 5) is 35.1. The summed E-state index contributed by atoms with van der Waals surface area (Å²) in [5.74, 6) is -0.584. The molecule has 2 aromatic rings. The summed E-state index contributed by atoms with van der Waals surface area (Å²) in [6, 6.07) is 8.19. The molecule has 7 heteroatoms. The summed E-state index contributed by atoms with van der Waals surface area (Å²) < 4.78 is 10.00. The molecule has 0 bridgehead atoms. The fourth-order valence-corrected chi connectivity index (χ4v) is 2.56. The number of Topliss-reactive ketones (excluding diaryl/α,β-unsaturated/α-hetero) is 1. The smallest absolute Gasteiger partial charge is 0.350 e. The first kappa shape index (κ1) is 16.7. The molecule has 0 aliphatic heterocycles. The van der Waals surface area contributed by atoms with Gasteiger partial charge in [0.15, 0.2) is 12.4 Å². The first-order valence-corrected chi connectivity index (χ1v) is 7.58. The molecule has 1 N–H and O–H groups in total. The molecule has 1 amide bonds. The largest absolute Gasteiger partial charge is 0.484 e. The molecule has 0 unspecified atom stereocenters. The summed E-state index contributed by atoms with van der Waals surface area (Å²) in [5.41, 5.74) is 0.890. The third-order valence-corrected chi connectivity index (χ3v) is 3.82. The molecule has 1 aromatic carbocycles. The number of carbonyl (C=O) groups is 3. The van der Waals surface area contributed by atoms with Crippen LogP contribution in [0.3, 0.4) is 0 Å². The van der Waals surface area contributed by atoms with Crippen LogP contribution in [0, 0.1) is 0 Å². The predicted molar refractivity (Wildman–Crippen MR) is 86.2 cm³/mol. The van der Waals surface area contributed by atoms with Crippen molar-refractivity contribution in [1.29, 1.82) is 0 Å². The average molecular weight is 333 g/mol. The predicted octanol–water partition coefficient (Wildman–Crippen LogP) is 2.75. The van der Waals surface area contributed by atoms with Crippen molar-refractivity contribution in [1.82, 2.24) is 0 Å². The molecule has 6 nitrogen and oxygen atoms in total. The summed E-state index contributed by atoms with van der Waals surface area (Å²) >= 11 is 1.18. The number of amides is 1. The van der Waals surface area contributed by atoms with Crippen molar-refractivity contribution in [2.24, 2.45) is 0 Å². The molecule has 120 valence electrons. The number of nitrogens with one attached hydrogen (secondary N) is 1. The summed E-state index contributed by atoms with van der Waals surface area (Å²) in [6.07, 6.45) is 0. The van der Waals surface area contributed by atoms with Crippen LogP contribution in [0.4, 0.5) is 5.69 Å². The third kappa shape index (κ3) is 4.40. The Hall–Kier alpha value is -2.67. The normalized spacial score (nSPS) is 10.0. The van der Waals surface area contributed by atoms with E-state index in [1.165, 1.54) is 25.4 Å². The van der Waals surface area contributed by atoms with Gasteiger partial charge in [-0.15, -0.1) is 11.3 Å². The topological polar surface area (TPSA) is 81.7 Å². The van der Waals surface area contributed by atoms with Gasteiger partial charge in [0.2, 0.25) is 0 Å². The highest BCUT2D eigenvalue weighted by Gasteiger charge is 2.15. The lowest BCUT2D eigenvalue weighted by atomic mass is 10.1. The molecule has 2 rings (SSSR count). The highest BCUT2D eigenvalue weighted by molar-refractivity contribution is 7.12. The number of methoxy groups -OCH3 is 1. The molecule has 0 fully saturated rings. The van der Waals surface area contributed by atoms with Gasteiger partial charge >= 0.3 is 5.97 Å². The zero-order valence-corrected chi connectivity index (χ0v) is 13.4. The minimum atomic E-state index is -0.509. The molecular weight excluding hydrogens is 318 g/mol. The first-order valence-electron chi connectivity index (χ1n) is 6.70. The van der Waals surface area contributed by atoms with Crippen LogP contribution < -0.4 is 10.1 Å². The van der Waals surface area contributed by atoms with E-state index >= 15 is 0 Å². The minimum Gasteiger partial charge on any atom is -0.484 e. The number of anilines is 1. The van der Waals surface area contributed by atoms with E-state index in [9.17, 15) is 14.4 Å². The zero-order valence-electron chi connectivity index (χ0n) is 12.6. The van der Waals surface area contributed by atoms with Gasteiger partial charge in [0.05, 0.1) is 12.8 Å². The van der Waals surface area contributed by atoms with Crippen LogP contribution in [0.25, 0.3) is 0 Å². The monoisotopic (exact) mass is 333 g/mol. The molecule has 0 spiro atoms. The molecule has 0 aliphatic carbocycles. The van der Waals surface area contributed by atoms with Gasteiger partial charge in [0.25, 0.3) is 5.91 Å². The molecule has 0 aliphatic rings. The second-order valence-electron chi connectivity index (χ2n) is 4.58. The van der Waals surface area contributed by atoms with Crippen LogP contribution in [0.5, 0.6) is 5.75 Å². The second-order valence-corrected chi connectivity index (χ2v) is 5.49. The van der Waals surface area contributed by atoms with Crippen molar-refractivity contribution in [2.75, 3.05) is 19.0 Å². The highest BCUT2D eigenvalue weighted by atomic mass is 32.1. The first-order chi connectivity index (χ1) is 11.0. The molecule has 23 heavy (non-hydrogen) atoms. The van der Waals surface area contributed by atoms with E-state index in [4.69, 9.17) is 4.74 Å². The van der Waals surface area contributed by atoms with Gasteiger partial charge < -0.3 is 14.8 Å². The molecule has 0 saturated carbocycles. The Morgan fingerprint density at radius 3 is 2.70 bits per heavy atom. The number of hydrogen-bond acceptors (Lipinski definition) is 6. The summed E-state index contributed by atoms with van der Waals surface area (Å²) in [5, 5.41) is 4.27. The van der Waals surface area contributed by atoms with E-state index in [0.29, 0.717) is 21.9 Å². The van der Waals surface area contributed by atoms with Gasteiger partial charge in [-0.1, -0.05) is 12.1 Å². The molecular formula is C16H15NO5S. The van der Waals surface area contributed by atoms with Crippen molar-refractivity contribution in [3.8, 4) is 5.75 Å². The van der Waals surface area contributed by atoms with Crippen LogP contribution in [-0.2, 0) is 9.53 Å². The Morgan fingerprint density at radius 1 is 1.22 bits per heavy atom. The number of carbonyl (C=O) groups excluding carboxylic acids is 3. The number of hydrogen-bond donors (Lipinski definition) is 1. The zero-order chi connectivity index (χ0) is 16.8. The Kier molecular flexibility index (Phi) is 5.48. The van der Waals surface area contributed by atoms with E-state index in [1.807, 2.05) is 0 Å². The SMILES string of the molecule is COC(=O)c1sccc1NC(=O)COc1cccc(C(C)=O)c1. The molecule has 0 saturated heterocycles. The Balaban J connectivity index is 1.96. The fraction of sp³-hybridized carbons (Fsp3) is 0.188. The molecule has 0 atom stereocenters. The van der Waals surface area contributed by atoms with E-state index in [2.05, 4.69) is 10.1 Å². The van der Waals surface area contributed by atoms with Crippen molar-refractivity contribution < 1.29 is 23.9 Å². The fourth-order valence-electron chi connectivity index (χ4n) is 1.80. The van der Waals surface area contributed by atoms with E-state index < -0.39 is 11.9 Å². The van der Waals surface area contributed by atoms with Crippen LogP contribution in [0.2, 0.25) is 0 Å². The lowest BCUT2D eigenvalue weighted by Crippen LogP contribution is -2.21. The van der Waals surface area contributed by atoms with Gasteiger partial charge in [-0.25, -0.2) is 4.79 Å². The number of benzene rings is 1. The van der Waals surface area contributed by atoms with Gasteiger partial charge in [0, 0.05) is 5.56 Å². The Labute approximate surface area is 137 Å². The van der Waals surface area contributed by atoms with Crippen molar-refractivity contribution in [3.63, 3.8) is 0 Å². The van der Waals surface area contributed by atoms with Crippen LogP contribution in [-0.4, -0.2) is 31.4 Å². The van der Waals surface area contributed by atoms with Crippen LogP contribution in [0.15, 0.2) is 35.7 Å². The van der Waals surface area contributed by atoms with Crippen molar-refractivity contribution in [2.45, 2.75) is 6.92 Å². The molecule has 1 aromatic heterocycles. The minimum absolute atomic E-state index is 0.0825. The van der Waals surface area contributed by atoms with Gasteiger partial charge in [-0.2, -0.15) is 0 Å². The quantitative estimate of drug-likeness (QED) is 0.649. The van der Waals surface area contributed by atoms with Gasteiger partial charge in [-0.05, 0) is 30.5 Å². The van der Waals surface area contributed by atoms with E-state index in [1.54, 1.807) is 35.7 Å². The summed E-state index contributed by atoms with van der Waals surface area (Å²) in [7, 11) is 1.28. The van der Waals surface area contributed by atoms with Crippen LogP contribution in [0.1, 0.15) is 27.0 Å². The number of rotatable bonds is 6. The van der Waals surface area contributed by atoms with Gasteiger partial charge in [0.1, 0.15) is 10.6 Å². The van der Waals surface area contributed by atoms with E-state index in [0.717, 1.165) is 0 Å². The van der Waals surface area contributed by atoms with Crippen LogP contribution >= 0.6 is 11.3 Å². The number of esters is 1. The lowest BCUT2D eigenvalue weighted by Gasteiger charge is -2.08. The van der Waals surface area contributed by atoms with Gasteiger partial charge in [-0.3, -0.25) is 9.59 Å². The number of ketones is 1. The maximum absolute atomic E-state index is 11.9. The molecule has 1 heterocycles. The Morgan fingerprint density at radius 2 is 2.00 bits per heavy atom. The Bertz CT molecular complexity index is 738. The third-order valence-electron chi connectivity index (χ3n) is 2.92. The number of thiophene rings is 1. The second kappa shape index (κ2) is 7.55. The standard InChI is InChI=1S/C16H15NO5S/c1-10(18)11-4-3-5-12(8-11)22-9-14(19)17-13-6-7-23-15(13)16(20)21-2/h3-8H,9H2,1-2H3,(H,17,19). The maximum Gasteiger partial charge on any atom is 0.350 e. The summed E-state index contributed by atoms with van der Waals surface area (Å²) in [6.45, 7) is 1.22. The van der Waals surface area contributed by atoms with Crippen molar-refractivity contribution >= 4 is 34.7 Å². The average Bonchev–Trinajstić information content (AvgIpc) is 3.00. The maximum atomic E-state index is 11.9.